The van der Waals surface area contributed by atoms with Crippen LogP contribution in [0.2, 0.25) is 0 Å². The second-order valence-electron chi connectivity index (χ2n) is 4.47. The van der Waals surface area contributed by atoms with E-state index in [9.17, 15) is 5.11 Å². The molecule has 3 nitrogen and oxygen atoms in total. The lowest BCUT2D eigenvalue weighted by Gasteiger charge is -2.20. The number of aromatic nitrogens is 1. The smallest absolute Gasteiger partial charge is 0.0955 e. The number of pyridine rings is 1. The molecular weight excluding hydrogens is 188 g/mol. The summed E-state index contributed by atoms with van der Waals surface area (Å²) >= 11 is 0. The van der Waals surface area contributed by atoms with Gasteiger partial charge in [-0.1, -0.05) is 19.9 Å². The van der Waals surface area contributed by atoms with E-state index in [1.807, 2.05) is 19.1 Å². The van der Waals surface area contributed by atoms with Crippen LogP contribution in [0.15, 0.2) is 18.3 Å². The first-order chi connectivity index (χ1) is 7.00. The Morgan fingerprint density at radius 1 is 1.40 bits per heavy atom. The second-order valence-corrected chi connectivity index (χ2v) is 4.47. The first kappa shape index (κ1) is 12.1. The summed E-state index contributed by atoms with van der Waals surface area (Å²) in [5.41, 5.74) is 7.66. The largest absolute Gasteiger partial charge is 0.387 e. The molecule has 0 radical (unpaired) electrons. The molecule has 0 aromatic carbocycles. The maximum atomic E-state index is 9.96. The van der Waals surface area contributed by atoms with Gasteiger partial charge in [-0.25, -0.2) is 0 Å². The third kappa shape index (κ3) is 3.61. The molecule has 0 fully saturated rings. The molecule has 15 heavy (non-hydrogen) atoms. The van der Waals surface area contributed by atoms with Gasteiger partial charge in [-0.05, 0) is 25.3 Å². The van der Waals surface area contributed by atoms with Gasteiger partial charge in [0.05, 0.1) is 6.10 Å². The number of aryl methyl sites for hydroxylation is 1. The van der Waals surface area contributed by atoms with E-state index < -0.39 is 6.10 Å². The molecule has 1 aromatic heterocycles. The van der Waals surface area contributed by atoms with E-state index in [4.69, 9.17) is 5.73 Å². The number of rotatable bonds is 4. The van der Waals surface area contributed by atoms with Crippen molar-refractivity contribution in [3.8, 4) is 0 Å². The first-order valence-electron chi connectivity index (χ1n) is 5.37. The number of aliphatic hydroxyl groups excluding tert-OH is 1. The highest BCUT2D eigenvalue weighted by Crippen LogP contribution is 2.19. The number of hydrogen-bond donors (Lipinski definition) is 2. The topological polar surface area (TPSA) is 59.1 Å². The van der Waals surface area contributed by atoms with Gasteiger partial charge in [-0.3, -0.25) is 4.98 Å². The zero-order valence-corrected chi connectivity index (χ0v) is 9.64. The summed E-state index contributed by atoms with van der Waals surface area (Å²) < 4.78 is 0. The first-order valence-corrected chi connectivity index (χ1v) is 5.37. The Balaban J connectivity index is 2.67. The lowest BCUT2D eigenvalue weighted by atomic mass is 9.96. The zero-order valence-electron chi connectivity index (χ0n) is 9.64. The summed E-state index contributed by atoms with van der Waals surface area (Å²) in [5.74, 6) is 0.494. The fourth-order valence-corrected chi connectivity index (χ4v) is 1.57. The van der Waals surface area contributed by atoms with Crippen LogP contribution >= 0.6 is 0 Å². The third-order valence-corrected chi connectivity index (χ3v) is 2.42. The zero-order chi connectivity index (χ0) is 11.4. The summed E-state index contributed by atoms with van der Waals surface area (Å²) in [6, 6.07) is 3.56. The van der Waals surface area contributed by atoms with E-state index in [1.165, 1.54) is 0 Å². The van der Waals surface area contributed by atoms with Crippen molar-refractivity contribution in [3.05, 3.63) is 29.6 Å². The van der Waals surface area contributed by atoms with Crippen LogP contribution in [0.4, 0.5) is 0 Å². The Labute approximate surface area is 91.3 Å². The maximum absolute atomic E-state index is 9.96. The van der Waals surface area contributed by atoms with Crippen molar-refractivity contribution in [2.24, 2.45) is 11.7 Å². The molecule has 2 unspecified atom stereocenters. The van der Waals surface area contributed by atoms with Crippen molar-refractivity contribution in [3.63, 3.8) is 0 Å². The molecule has 1 aromatic rings. The Morgan fingerprint density at radius 2 is 2.07 bits per heavy atom. The van der Waals surface area contributed by atoms with Gasteiger partial charge in [0.1, 0.15) is 0 Å². The number of nitrogens with zero attached hydrogens (tertiary/aromatic N) is 1. The van der Waals surface area contributed by atoms with E-state index in [-0.39, 0.29) is 6.04 Å². The molecule has 0 aliphatic heterocycles. The Kier molecular flexibility index (Phi) is 4.24. The average molecular weight is 208 g/mol. The van der Waals surface area contributed by atoms with E-state index >= 15 is 0 Å². The Bertz CT molecular complexity index is 295. The Morgan fingerprint density at radius 3 is 2.53 bits per heavy atom. The van der Waals surface area contributed by atoms with Crippen molar-refractivity contribution in [1.29, 1.82) is 0 Å². The summed E-state index contributed by atoms with van der Waals surface area (Å²) in [6.45, 7) is 6.12. The molecule has 0 spiro atoms. The van der Waals surface area contributed by atoms with Gasteiger partial charge in [0.15, 0.2) is 0 Å². The second kappa shape index (κ2) is 5.24. The number of hydrogen-bond acceptors (Lipinski definition) is 3. The van der Waals surface area contributed by atoms with Gasteiger partial charge in [-0.15, -0.1) is 0 Å². The van der Waals surface area contributed by atoms with Crippen LogP contribution in [0.25, 0.3) is 0 Å². The monoisotopic (exact) mass is 208 g/mol. The maximum Gasteiger partial charge on any atom is 0.0955 e. The summed E-state index contributed by atoms with van der Waals surface area (Å²) in [5, 5.41) is 9.96. The summed E-state index contributed by atoms with van der Waals surface area (Å²) in [4.78, 5) is 4.15. The van der Waals surface area contributed by atoms with Gasteiger partial charge < -0.3 is 10.8 Å². The summed E-state index contributed by atoms with van der Waals surface area (Å²) in [7, 11) is 0. The molecule has 84 valence electrons. The third-order valence-electron chi connectivity index (χ3n) is 2.42. The van der Waals surface area contributed by atoms with Crippen molar-refractivity contribution in [1.82, 2.24) is 4.98 Å². The van der Waals surface area contributed by atoms with Crippen LogP contribution in [-0.2, 0) is 0 Å². The van der Waals surface area contributed by atoms with Crippen molar-refractivity contribution < 1.29 is 5.11 Å². The molecule has 0 saturated heterocycles. The fourth-order valence-electron chi connectivity index (χ4n) is 1.57. The normalized spacial score (nSPS) is 15.3. The SMILES string of the molecule is Cc1ccc(C(O)C(N)CC(C)C)cn1. The standard InChI is InChI=1S/C12H20N2O/c1-8(2)6-11(13)12(15)10-5-4-9(3)14-7-10/h4-5,7-8,11-12,15H,6,13H2,1-3H3. The van der Waals surface area contributed by atoms with Crippen LogP contribution in [0, 0.1) is 12.8 Å². The van der Waals surface area contributed by atoms with Crippen molar-refractivity contribution in [2.75, 3.05) is 0 Å². The van der Waals surface area contributed by atoms with Gasteiger partial charge in [0.25, 0.3) is 0 Å². The molecule has 0 aliphatic rings. The highest BCUT2D eigenvalue weighted by Gasteiger charge is 2.17. The predicted molar refractivity (Wildman–Crippen MR) is 61.4 cm³/mol. The van der Waals surface area contributed by atoms with Crippen LogP contribution in [0.5, 0.6) is 0 Å². The molecule has 0 saturated carbocycles. The van der Waals surface area contributed by atoms with Crippen LogP contribution < -0.4 is 5.73 Å². The van der Waals surface area contributed by atoms with Crippen LogP contribution in [0.3, 0.4) is 0 Å². The highest BCUT2D eigenvalue weighted by atomic mass is 16.3. The predicted octanol–water partition coefficient (Wildman–Crippen LogP) is 1.80. The number of aliphatic hydroxyl groups is 1. The van der Waals surface area contributed by atoms with E-state index in [0.717, 1.165) is 17.7 Å². The minimum Gasteiger partial charge on any atom is -0.387 e. The molecule has 2 atom stereocenters. The minimum absolute atomic E-state index is 0.213. The molecule has 0 bridgehead atoms. The summed E-state index contributed by atoms with van der Waals surface area (Å²) in [6.07, 6.45) is 1.90. The number of nitrogens with two attached hydrogens (primary N) is 1. The van der Waals surface area contributed by atoms with Crippen LogP contribution in [-0.4, -0.2) is 16.1 Å². The molecule has 3 heteroatoms. The molecule has 3 N–H and O–H groups in total. The van der Waals surface area contributed by atoms with Crippen molar-refractivity contribution >= 4 is 0 Å². The Hall–Kier alpha value is -0.930. The molecule has 0 aliphatic carbocycles. The van der Waals surface area contributed by atoms with E-state index in [1.54, 1.807) is 6.20 Å². The average Bonchev–Trinajstić information content (AvgIpc) is 2.17. The molecular formula is C12H20N2O. The minimum atomic E-state index is -0.611. The van der Waals surface area contributed by atoms with E-state index in [2.05, 4.69) is 18.8 Å². The lowest BCUT2D eigenvalue weighted by Crippen LogP contribution is -2.29. The molecule has 1 heterocycles. The lowest BCUT2D eigenvalue weighted by molar-refractivity contribution is 0.135. The van der Waals surface area contributed by atoms with Crippen LogP contribution in [0.1, 0.15) is 37.6 Å². The van der Waals surface area contributed by atoms with Gasteiger partial charge >= 0.3 is 0 Å². The van der Waals surface area contributed by atoms with Gasteiger partial charge in [0, 0.05) is 23.5 Å². The van der Waals surface area contributed by atoms with Crippen molar-refractivity contribution in [2.45, 2.75) is 39.3 Å². The quantitative estimate of drug-likeness (QED) is 0.793. The van der Waals surface area contributed by atoms with E-state index in [0.29, 0.717) is 5.92 Å². The molecule has 1 rings (SSSR count). The van der Waals surface area contributed by atoms with Gasteiger partial charge in [0.2, 0.25) is 0 Å². The molecule has 0 amide bonds. The highest BCUT2D eigenvalue weighted by molar-refractivity contribution is 5.17. The van der Waals surface area contributed by atoms with Gasteiger partial charge in [-0.2, -0.15) is 0 Å². The fraction of sp³-hybridized carbons (Fsp3) is 0.583.